The molecule has 0 fully saturated rings. The van der Waals surface area contributed by atoms with Gasteiger partial charge in [0.15, 0.2) is 11.6 Å². The molecule has 4 nitrogen and oxygen atoms in total. The molecule has 4 rings (SSSR count). The summed E-state index contributed by atoms with van der Waals surface area (Å²) in [7, 11) is 1.86. The number of fused-ring (bicyclic) bond motifs is 4. The second-order valence-electron chi connectivity index (χ2n) is 6.42. The molecule has 1 aliphatic heterocycles. The Balaban J connectivity index is 1.97. The zero-order valence-electron chi connectivity index (χ0n) is 14.1. The molecule has 0 radical (unpaired) electrons. The van der Waals surface area contributed by atoms with Gasteiger partial charge in [0.25, 0.3) is 0 Å². The van der Waals surface area contributed by atoms with E-state index in [9.17, 15) is 13.2 Å². The zero-order chi connectivity index (χ0) is 19.3. The van der Waals surface area contributed by atoms with E-state index < -0.39 is 18.2 Å². The van der Waals surface area contributed by atoms with Crippen molar-refractivity contribution in [1.29, 1.82) is 0 Å². The molecule has 0 atom stereocenters. The van der Waals surface area contributed by atoms with Crippen LogP contribution in [0.3, 0.4) is 0 Å². The van der Waals surface area contributed by atoms with E-state index in [-0.39, 0.29) is 11.6 Å². The summed E-state index contributed by atoms with van der Waals surface area (Å²) in [6.07, 6.45) is 0. The van der Waals surface area contributed by atoms with Gasteiger partial charge in [-0.25, -0.2) is 9.37 Å². The van der Waals surface area contributed by atoms with Crippen LogP contribution < -0.4 is 4.74 Å². The first-order valence-corrected chi connectivity index (χ1v) is 9.28. The van der Waals surface area contributed by atoms with Gasteiger partial charge in [0, 0.05) is 21.6 Å². The second kappa shape index (κ2) is 7.00. The van der Waals surface area contributed by atoms with E-state index in [0.717, 1.165) is 27.4 Å². The van der Waals surface area contributed by atoms with Crippen LogP contribution in [-0.2, 0) is 19.6 Å². The summed E-state index contributed by atoms with van der Waals surface area (Å²) >= 11 is 9.69. The summed E-state index contributed by atoms with van der Waals surface area (Å²) in [6.45, 7) is -2.11. The third-order valence-electron chi connectivity index (χ3n) is 4.55. The van der Waals surface area contributed by atoms with Crippen molar-refractivity contribution in [3.63, 3.8) is 0 Å². The predicted octanol–water partition coefficient (Wildman–Crippen LogP) is 5.19. The third-order valence-corrected chi connectivity index (χ3v) is 5.38. The van der Waals surface area contributed by atoms with Crippen LogP contribution in [0.15, 0.2) is 28.7 Å². The lowest BCUT2D eigenvalue weighted by Gasteiger charge is -2.26. The molecule has 0 bridgehead atoms. The second-order valence-corrected chi connectivity index (χ2v) is 7.75. The molecule has 1 aromatic heterocycles. The van der Waals surface area contributed by atoms with E-state index in [1.165, 1.54) is 0 Å². The summed E-state index contributed by atoms with van der Waals surface area (Å²) in [5.41, 5.74) is 2.44. The quantitative estimate of drug-likeness (QED) is 0.527. The highest BCUT2D eigenvalue weighted by atomic mass is 79.9. The van der Waals surface area contributed by atoms with Crippen LogP contribution in [0.4, 0.5) is 13.2 Å². The molecule has 2 aromatic carbocycles. The highest BCUT2D eigenvalue weighted by Gasteiger charge is 2.26. The number of imidazole rings is 1. The average molecular weight is 461 g/mol. The molecule has 0 spiro atoms. The van der Waals surface area contributed by atoms with Crippen molar-refractivity contribution in [3.05, 3.63) is 56.5 Å². The van der Waals surface area contributed by atoms with Crippen molar-refractivity contribution in [3.8, 4) is 5.75 Å². The van der Waals surface area contributed by atoms with E-state index in [1.807, 2.05) is 34.7 Å². The van der Waals surface area contributed by atoms with Crippen LogP contribution >= 0.6 is 27.5 Å². The lowest BCUT2D eigenvalue weighted by atomic mass is 10.0. The summed E-state index contributed by atoms with van der Waals surface area (Å²) in [5.74, 6) is -0.628. The number of rotatable bonds is 2. The van der Waals surface area contributed by atoms with Crippen LogP contribution in [0.25, 0.3) is 11.0 Å². The van der Waals surface area contributed by atoms with Gasteiger partial charge in [-0.3, -0.25) is 4.90 Å². The minimum Gasteiger partial charge on any atom is -0.431 e. The van der Waals surface area contributed by atoms with Crippen molar-refractivity contribution in [2.75, 3.05) is 7.05 Å². The number of nitrogens with zero attached hydrogens (tertiary/aromatic N) is 3. The SMILES string of the molecule is CN1Cc2c(Cl)cc(F)c(OC(F)F)c2Cn2c(nc3ccc(Br)cc32)C1. The van der Waals surface area contributed by atoms with E-state index in [4.69, 9.17) is 11.6 Å². The predicted molar refractivity (Wildman–Crippen MR) is 99.7 cm³/mol. The molecule has 142 valence electrons. The Kier molecular flexibility index (Phi) is 4.82. The average Bonchev–Trinajstić information content (AvgIpc) is 2.88. The Labute approximate surface area is 166 Å². The largest absolute Gasteiger partial charge is 0.431 e. The number of hydrogen-bond donors (Lipinski definition) is 0. The standard InChI is InChI=1S/C18H14BrClF3N3O/c1-25-6-10-11(17(27-18(22)23)13(21)5-12(10)20)7-26-15-4-9(19)2-3-14(15)24-16(26)8-25/h2-5,18H,6-8H2,1H3. The first kappa shape index (κ1) is 18.6. The molecule has 27 heavy (non-hydrogen) atoms. The highest BCUT2D eigenvalue weighted by Crippen LogP contribution is 2.37. The molecule has 1 aliphatic rings. The van der Waals surface area contributed by atoms with Gasteiger partial charge in [0.2, 0.25) is 0 Å². The Hall–Kier alpha value is -1.77. The Morgan fingerprint density at radius 2 is 1.96 bits per heavy atom. The number of halogens is 5. The lowest BCUT2D eigenvalue weighted by molar-refractivity contribution is -0.0529. The number of benzene rings is 2. The summed E-state index contributed by atoms with van der Waals surface area (Å²) in [4.78, 5) is 6.58. The van der Waals surface area contributed by atoms with Gasteiger partial charge in [-0.1, -0.05) is 27.5 Å². The van der Waals surface area contributed by atoms with Gasteiger partial charge in [-0.05, 0) is 36.9 Å². The van der Waals surface area contributed by atoms with E-state index in [2.05, 4.69) is 25.7 Å². The van der Waals surface area contributed by atoms with Crippen molar-refractivity contribution in [2.45, 2.75) is 26.2 Å². The Morgan fingerprint density at radius 1 is 1.19 bits per heavy atom. The summed E-state index contributed by atoms with van der Waals surface area (Å²) in [5, 5.41) is 0.185. The fourth-order valence-corrected chi connectivity index (χ4v) is 4.03. The summed E-state index contributed by atoms with van der Waals surface area (Å²) < 4.78 is 47.5. The minimum absolute atomic E-state index is 0.130. The van der Waals surface area contributed by atoms with Crippen LogP contribution in [0.5, 0.6) is 5.75 Å². The van der Waals surface area contributed by atoms with Gasteiger partial charge < -0.3 is 9.30 Å². The maximum atomic E-state index is 14.4. The molecule has 0 amide bonds. The topological polar surface area (TPSA) is 30.3 Å². The first-order valence-electron chi connectivity index (χ1n) is 8.11. The fourth-order valence-electron chi connectivity index (χ4n) is 3.41. The normalized spacial score (nSPS) is 14.8. The van der Waals surface area contributed by atoms with Gasteiger partial charge in [-0.2, -0.15) is 8.78 Å². The van der Waals surface area contributed by atoms with Gasteiger partial charge in [-0.15, -0.1) is 0 Å². The van der Waals surface area contributed by atoms with Crippen LogP contribution in [0.1, 0.15) is 17.0 Å². The zero-order valence-corrected chi connectivity index (χ0v) is 16.5. The third kappa shape index (κ3) is 3.41. The maximum absolute atomic E-state index is 14.4. The highest BCUT2D eigenvalue weighted by molar-refractivity contribution is 9.10. The maximum Gasteiger partial charge on any atom is 0.387 e. The van der Waals surface area contributed by atoms with Crippen LogP contribution in [0, 0.1) is 5.82 Å². The van der Waals surface area contributed by atoms with Gasteiger partial charge in [0.05, 0.1) is 24.1 Å². The molecule has 0 N–H and O–H groups in total. The fraction of sp³-hybridized carbons (Fsp3) is 0.278. The number of aromatic nitrogens is 2. The molecule has 3 aromatic rings. The first-order chi connectivity index (χ1) is 12.8. The van der Waals surface area contributed by atoms with E-state index in [0.29, 0.717) is 24.2 Å². The minimum atomic E-state index is -3.14. The molecule has 0 unspecified atom stereocenters. The number of hydrogen-bond acceptors (Lipinski definition) is 3. The molecular formula is C18H14BrClF3N3O. The van der Waals surface area contributed by atoms with E-state index >= 15 is 0 Å². The monoisotopic (exact) mass is 459 g/mol. The Morgan fingerprint density at radius 3 is 2.70 bits per heavy atom. The number of alkyl halides is 2. The molecule has 0 saturated heterocycles. The van der Waals surface area contributed by atoms with Gasteiger partial charge >= 0.3 is 6.61 Å². The number of ether oxygens (including phenoxy) is 1. The van der Waals surface area contributed by atoms with E-state index in [1.54, 1.807) is 0 Å². The van der Waals surface area contributed by atoms with Crippen molar-refractivity contribution in [2.24, 2.45) is 0 Å². The van der Waals surface area contributed by atoms with Crippen molar-refractivity contribution >= 4 is 38.6 Å². The van der Waals surface area contributed by atoms with Gasteiger partial charge in [0.1, 0.15) is 5.82 Å². The van der Waals surface area contributed by atoms with Crippen molar-refractivity contribution < 1.29 is 17.9 Å². The lowest BCUT2D eigenvalue weighted by Crippen LogP contribution is -2.25. The molecule has 2 heterocycles. The molecule has 0 aliphatic carbocycles. The Bertz CT molecular complexity index is 1020. The van der Waals surface area contributed by atoms with Crippen LogP contribution in [-0.4, -0.2) is 28.1 Å². The summed E-state index contributed by atoms with van der Waals surface area (Å²) in [6, 6.07) is 6.66. The van der Waals surface area contributed by atoms with Crippen molar-refractivity contribution in [1.82, 2.24) is 14.5 Å². The molecule has 0 saturated carbocycles. The smallest absolute Gasteiger partial charge is 0.387 e. The van der Waals surface area contributed by atoms with Crippen LogP contribution in [0.2, 0.25) is 5.02 Å². The molecule has 9 heteroatoms. The molecular weight excluding hydrogens is 447 g/mol.